The van der Waals surface area contributed by atoms with E-state index in [1.807, 2.05) is 71.5 Å². The van der Waals surface area contributed by atoms with E-state index in [0.29, 0.717) is 31.7 Å². The molecule has 8 heteroatoms. The summed E-state index contributed by atoms with van der Waals surface area (Å²) in [6.07, 6.45) is 2.89. The Morgan fingerprint density at radius 1 is 0.892 bits per heavy atom. The van der Waals surface area contributed by atoms with Crippen LogP contribution in [0.1, 0.15) is 31.4 Å². The van der Waals surface area contributed by atoms with Crippen molar-refractivity contribution in [3.8, 4) is 16.9 Å². The molecule has 37 heavy (non-hydrogen) atoms. The van der Waals surface area contributed by atoms with Crippen LogP contribution < -0.4 is 5.32 Å². The summed E-state index contributed by atoms with van der Waals surface area (Å²) in [5, 5.41) is 7.58. The summed E-state index contributed by atoms with van der Waals surface area (Å²) >= 11 is 0. The van der Waals surface area contributed by atoms with E-state index in [1.54, 1.807) is 26.0 Å². The fourth-order valence-corrected chi connectivity index (χ4v) is 5.85. The molecule has 192 valence electrons. The van der Waals surface area contributed by atoms with Crippen LogP contribution >= 0.6 is 7.60 Å². The lowest BCUT2D eigenvalue weighted by Crippen LogP contribution is -2.12. The highest BCUT2D eigenvalue weighted by Crippen LogP contribution is 2.51. The Kier molecular flexibility index (Phi) is 9.07. The molecule has 1 N–H and O–H groups in total. The van der Waals surface area contributed by atoms with Crippen molar-refractivity contribution >= 4 is 19.2 Å². The van der Waals surface area contributed by atoms with Crippen LogP contribution in [0.2, 0.25) is 0 Å². The van der Waals surface area contributed by atoms with Crippen molar-refractivity contribution in [1.82, 2.24) is 9.78 Å². The van der Waals surface area contributed by atoms with Crippen molar-refractivity contribution < 1.29 is 18.4 Å². The minimum atomic E-state index is -3.17. The molecule has 4 aromatic rings. The molecule has 0 saturated heterocycles. The third-order valence-electron chi connectivity index (χ3n) is 5.78. The number of para-hydroxylation sites is 1. The van der Waals surface area contributed by atoms with E-state index in [0.717, 1.165) is 28.1 Å². The predicted octanol–water partition coefficient (Wildman–Crippen LogP) is 6.88. The molecule has 0 unspecified atom stereocenters. The van der Waals surface area contributed by atoms with Crippen LogP contribution in [0.15, 0.2) is 91.1 Å². The highest BCUT2D eigenvalue weighted by Gasteiger charge is 2.24. The van der Waals surface area contributed by atoms with Crippen LogP contribution in [-0.4, -0.2) is 28.9 Å². The highest BCUT2D eigenvalue weighted by atomic mass is 31.2. The Morgan fingerprint density at radius 3 is 2.14 bits per heavy atom. The van der Waals surface area contributed by atoms with Gasteiger partial charge in [-0.1, -0.05) is 60.7 Å². The lowest BCUT2D eigenvalue weighted by Gasteiger charge is -2.17. The van der Waals surface area contributed by atoms with Gasteiger partial charge in [-0.2, -0.15) is 5.10 Å². The average Bonchev–Trinajstić information content (AvgIpc) is 3.34. The molecule has 3 aromatic carbocycles. The van der Waals surface area contributed by atoms with E-state index in [2.05, 4.69) is 22.5 Å². The average molecular weight is 518 g/mol. The number of amides is 1. The second-order valence-electron chi connectivity index (χ2n) is 8.48. The third-order valence-corrected chi connectivity index (χ3v) is 7.84. The number of aromatic nitrogens is 2. The Labute approximate surface area is 218 Å². The molecule has 0 spiro atoms. The van der Waals surface area contributed by atoms with E-state index < -0.39 is 7.60 Å². The largest absolute Gasteiger partial charge is 0.335 e. The SMILES string of the molecule is CCOP(=O)(Cc1ccc(NC(=O)CCc2cnn(-c3ccccc3)c2-c2ccccc2)cc1)OCC. The monoisotopic (exact) mass is 517 g/mol. The molecule has 0 aliphatic heterocycles. The van der Waals surface area contributed by atoms with Gasteiger partial charge in [-0.3, -0.25) is 9.36 Å². The standard InChI is InChI=1S/C29H32N3O4P/c1-3-35-37(34,36-4-2)22-23-15-18-26(19-16-23)31-28(33)20-17-25-21-30-32(27-13-9-6-10-14-27)29(25)24-11-7-5-8-12-24/h5-16,18-19,21H,3-4,17,20,22H2,1-2H3,(H,31,33). The normalized spacial score (nSPS) is 11.4. The van der Waals surface area contributed by atoms with Crippen LogP contribution in [0.25, 0.3) is 16.9 Å². The van der Waals surface area contributed by atoms with Crippen molar-refractivity contribution in [3.63, 3.8) is 0 Å². The van der Waals surface area contributed by atoms with Crippen molar-refractivity contribution in [2.45, 2.75) is 32.9 Å². The van der Waals surface area contributed by atoms with Crippen molar-refractivity contribution in [2.75, 3.05) is 18.5 Å². The van der Waals surface area contributed by atoms with Crippen molar-refractivity contribution in [2.24, 2.45) is 0 Å². The number of carbonyl (C=O) groups excluding carboxylic acids is 1. The second kappa shape index (κ2) is 12.6. The van der Waals surface area contributed by atoms with Gasteiger partial charge in [-0.05, 0) is 55.7 Å². The molecule has 4 rings (SSSR count). The predicted molar refractivity (Wildman–Crippen MR) is 147 cm³/mol. The number of nitrogens with one attached hydrogen (secondary N) is 1. The molecular formula is C29H32N3O4P. The van der Waals surface area contributed by atoms with Gasteiger partial charge in [0.15, 0.2) is 0 Å². The summed E-state index contributed by atoms with van der Waals surface area (Å²) in [6.45, 7) is 4.23. The minimum Gasteiger partial charge on any atom is -0.326 e. The van der Waals surface area contributed by atoms with Gasteiger partial charge in [0.05, 0.1) is 37.0 Å². The molecule has 0 aliphatic carbocycles. The number of carbonyl (C=O) groups is 1. The van der Waals surface area contributed by atoms with Gasteiger partial charge >= 0.3 is 7.60 Å². The van der Waals surface area contributed by atoms with Crippen LogP contribution in [0.4, 0.5) is 5.69 Å². The molecule has 0 fully saturated rings. The summed E-state index contributed by atoms with van der Waals surface area (Å²) in [5.74, 6) is -0.0893. The fourth-order valence-electron chi connectivity index (χ4n) is 4.14. The van der Waals surface area contributed by atoms with Crippen LogP contribution in [0, 0.1) is 0 Å². The summed E-state index contributed by atoms with van der Waals surface area (Å²) in [4.78, 5) is 12.8. The summed E-state index contributed by atoms with van der Waals surface area (Å²) < 4.78 is 25.4. The Bertz CT molecular complexity index is 1330. The van der Waals surface area contributed by atoms with E-state index in [9.17, 15) is 9.36 Å². The molecular weight excluding hydrogens is 485 g/mol. The van der Waals surface area contributed by atoms with E-state index in [-0.39, 0.29) is 12.1 Å². The van der Waals surface area contributed by atoms with E-state index in [1.165, 1.54) is 0 Å². The molecule has 7 nitrogen and oxygen atoms in total. The number of rotatable bonds is 12. The lowest BCUT2D eigenvalue weighted by atomic mass is 10.0. The smallest absolute Gasteiger partial charge is 0.326 e. The first-order valence-corrected chi connectivity index (χ1v) is 14.2. The Hall–Kier alpha value is -3.51. The molecule has 0 bridgehead atoms. The summed E-state index contributed by atoms with van der Waals surface area (Å²) in [5.41, 5.74) is 5.51. The fraction of sp³-hybridized carbons (Fsp3) is 0.241. The maximum Gasteiger partial charge on any atom is 0.335 e. The van der Waals surface area contributed by atoms with E-state index >= 15 is 0 Å². The first kappa shape index (κ1) is 26.6. The van der Waals surface area contributed by atoms with Gasteiger partial charge in [-0.25, -0.2) is 4.68 Å². The molecule has 0 radical (unpaired) electrons. The maximum absolute atomic E-state index is 12.8. The first-order chi connectivity index (χ1) is 18.0. The zero-order valence-electron chi connectivity index (χ0n) is 21.2. The topological polar surface area (TPSA) is 82.5 Å². The lowest BCUT2D eigenvalue weighted by molar-refractivity contribution is -0.116. The zero-order valence-corrected chi connectivity index (χ0v) is 22.1. The zero-order chi connectivity index (χ0) is 26.1. The van der Waals surface area contributed by atoms with Crippen LogP contribution in [0.3, 0.4) is 0 Å². The van der Waals surface area contributed by atoms with Crippen molar-refractivity contribution in [1.29, 1.82) is 0 Å². The molecule has 0 atom stereocenters. The number of anilines is 1. The van der Waals surface area contributed by atoms with Gasteiger partial charge in [0.2, 0.25) is 5.91 Å². The minimum absolute atomic E-state index is 0.0893. The third kappa shape index (κ3) is 7.04. The van der Waals surface area contributed by atoms with Gasteiger partial charge in [0.25, 0.3) is 0 Å². The van der Waals surface area contributed by atoms with Crippen LogP contribution in [0.5, 0.6) is 0 Å². The summed E-state index contributed by atoms with van der Waals surface area (Å²) in [6, 6.07) is 27.3. The van der Waals surface area contributed by atoms with Gasteiger partial charge < -0.3 is 14.4 Å². The van der Waals surface area contributed by atoms with Crippen molar-refractivity contribution in [3.05, 3.63) is 102 Å². The van der Waals surface area contributed by atoms with Gasteiger partial charge in [-0.15, -0.1) is 0 Å². The molecule has 1 amide bonds. The van der Waals surface area contributed by atoms with Gasteiger partial charge in [0, 0.05) is 17.7 Å². The Balaban J connectivity index is 1.42. The highest BCUT2D eigenvalue weighted by molar-refractivity contribution is 7.53. The first-order valence-electron chi connectivity index (χ1n) is 12.5. The van der Waals surface area contributed by atoms with E-state index in [4.69, 9.17) is 9.05 Å². The second-order valence-corrected chi connectivity index (χ2v) is 10.5. The summed E-state index contributed by atoms with van der Waals surface area (Å²) in [7, 11) is -3.17. The van der Waals surface area contributed by atoms with Gasteiger partial charge in [0.1, 0.15) is 0 Å². The van der Waals surface area contributed by atoms with Crippen LogP contribution in [-0.2, 0) is 31.0 Å². The molecule has 1 heterocycles. The number of benzene rings is 3. The molecule has 0 aliphatic rings. The number of hydrogen-bond donors (Lipinski definition) is 1. The molecule has 0 saturated carbocycles. The number of hydrogen-bond acceptors (Lipinski definition) is 5. The number of nitrogens with zero attached hydrogens (tertiary/aromatic N) is 2. The molecule has 1 aromatic heterocycles. The maximum atomic E-state index is 12.8. The number of aryl methyl sites for hydroxylation is 1. The Morgan fingerprint density at radius 2 is 1.51 bits per heavy atom. The quantitative estimate of drug-likeness (QED) is 0.207.